The maximum atomic E-state index is 13.0. The first-order valence-corrected chi connectivity index (χ1v) is 12.1. The molecule has 3 aromatic heterocycles. The second-order valence-corrected chi connectivity index (χ2v) is 9.60. The summed E-state index contributed by atoms with van der Waals surface area (Å²) < 4.78 is 77.3. The van der Waals surface area contributed by atoms with Crippen molar-refractivity contribution >= 4 is 40.7 Å². The number of ketones is 1. The second kappa shape index (κ2) is 10.7. The summed E-state index contributed by atoms with van der Waals surface area (Å²) in [6.45, 7) is 2.37. The van der Waals surface area contributed by atoms with Crippen LogP contribution in [0.25, 0.3) is 0 Å². The Labute approximate surface area is 227 Å². The molecular weight excluding hydrogens is 575 g/mol. The minimum Gasteiger partial charge on any atom is -0.356 e. The second-order valence-electron chi connectivity index (χ2n) is 8.78. The van der Waals surface area contributed by atoms with Gasteiger partial charge in [-0.25, -0.2) is 4.98 Å². The molecule has 1 aliphatic rings. The van der Waals surface area contributed by atoms with Gasteiger partial charge in [0, 0.05) is 50.3 Å². The van der Waals surface area contributed by atoms with Crippen molar-refractivity contribution in [3.05, 3.63) is 74.9 Å². The molecule has 4 heterocycles. The highest BCUT2D eigenvalue weighted by Crippen LogP contribution is 2.35. The van der Waals surface area contributed by atoms with Crippen LogP contribution in [0.5, 0.6) is 0 Å². The van der Waals surface area contributed by atoms with Crippen molar-refractivity contribution in [2.24, 2.45) is 0 Å². The smallest absolute Gasteiger partial charge is 0.356 e. The van der Waals surface area contributed by atoms with Crippen molar-refractivity contribution < 1.29 is 35.9 Å². The van der Waals surface area contributed by atoms with Gasteiger partial charge in [-0.2, -0.15) is 26.3 Å². The third-order valence-corrected chi connectivity index (χ3v) is 6.79. The highest BCUT2D eigenvalue weighted by Gasteiger charge is 2.34. The van der Waals surface area contributed by atoms with Crippen LogP contribution in [0.3, 0.4) is 0 Å². The number of amides is 1. The largest absolute Gasteiger partial charge is 0.417 e. The molecule has 7 nitrogen and oxygen atoms in total. The number of aromatic amines is 1. The van der Waals surface area contributed by atoms with E-state index in [2.05, 4.69) is 15.0 Å². The Kier molecular flexibility index (Phi) is 7.86. The fraction of sp³-hybridized carbons (Fsp3) is 0.333. The van der Waals surface area contributed by atoms with Crippen molar-refractivity contribution in [2.45, 2.75) is 25.2 Å². The van der Waals surface area contributed by atoms with E-state index in [1.165, 1.54) is 24.1 Å². The molecule has 0 aromatic carbocycles. The summed E-state index contributed by atoms with van der Waals surface area (Å²) >= 11 is 12.0. The Morgan fingerprint density at radius 3 is 2.00 bits per heavy atom. The van der Waals surface area contributed by atoms with Gasteiger partial charge < -0.3 is 14.8 Å². The zero-order chi connectivity index (χ0) is 28.7. The average Bonchev–Trinajstić information content (AvgIpc) is 3.37. The van der Waals surface area contributed by atoms with E-state index in [1.54, 1.807) is 4.90 Å². The van der Waals surface area contributed by atoms with Gasteiger partial charge in [0.25, 0.3) is 5.91 Å². The first-order valence-electron chi connectivity index (χ1n) is 11.4. The molecular formula is C24H19Cl2F6N5O2. The number of carbonyl (C=O) groups is 2. The number of pyridine rings is 2. The molecule has 1 atom stereocenters. The standard InChI is InChI=1S/C24H19Cl2F6N5O2/c1-12(19-16(25)7-14(10-34-19)23(27,28)29)20(38)13-6-18(33-9-13)22(39)37-4-2-36(3-5-37)21-17(26)8-15(11-35-21)24(30,31)32/h6-12,33H,2-5H2,1H3/t12-/m0/s1. The van der Waals surface area contributed by atoms with Crippen LogP contribution in [-0.4, -0.2) is 57.7 Å². The molecule has 1 amide bonds. The molecule has 1 saturated heterocycles. The number of hydrogen-bond donors (Lipinski definition) is 1. The third-order valence-electron chi connectivity index (χ3n) is 6.21. The first kappa shape index (κ1) is 28.7. The van der Waals surface area contributed by atoms with Crippen LogP contribution in [0.2, 0.25) is 10.0 Å². The van der Waals surface area contributed by atoms with Gasteiger partial charge in [0.15, 0.2) is 5.78 Å². The summed E-state index contributed by atoms with van der Waals surface area (Å²) in [4.78, 5) is 39.4. The summed E-state index contributed by atoms with van der Waals surface area (Å²) in [5.74, 6) is -1.73. The summed E-state index contributed by atoms with van der Waals surface area (Å²) in [6, 6.07) is 2.83. The van der Waals surface area contributed by atoms with Gasteiger partial charge in [0.2, 0.25) is 0 Å². The Morgan fingerprint density at radius 2 is 1.46 bits per heavy atom. The van der Waals surface area contributed by atoms with E-state index in [-0.39, 0.29) is 59.0 Å². The van der Waals surface area contributed by atoms with Crippen LogP contribution < -0.4 is 4.90 Å². The number of halogens is 8. The lowest BCUT2D eigenvalue weighted by Crippen LogP contribution is -2.49. The van der Waals surface area contributed by atoms with Gasteiger partial charge in [0.05, 0.1) is 32.8 Å². The van der Waals surface area contributed by atoms with E-state index in [9.17, 15) is 35.9 Å². The molecule has 1 aliphatic heterocycles. The Balaban J connectivity index is 1.40. The lowest BCUT2D eigenvalue weighted by atomic mass is 9.97. The van der Waals surface area contributed by atoms with Gasteiger partial charge in [-0.3, -0.25) is 14.6 Å². The Bertz CT molecular complexity index is 1400. The lowest BCUT2D eigenvalue weighted by molar-refractivity contribution is -0.138. The van der Waals surface area contributed by atoms with Crippen LogP contribution in [0, 0.1) is 0 Å². The van der Waals surface area contributed by atoms with Gasteiger partial charge in [-0.1, -0.05) is 23.2 Å². The van der Waals surface area contributed by atoms with Crippen molar-refractivity contribution in [1.29, 1.82) is 0 Å². The predicted octanol–water partition coefficient (Wildman–Crippen LogP) is 6.10. The van der Waals surface area contributed by atoms with Crippen LogP contribution >= 0.6 is 23.2 Å². The molecule has 0 bridgehead atoms. The number of piperazine rings is 1. The van der Waals surface area contributed by atoms with Gasteiger partial charge in [-0.15, -0.1) is 0 Å². The molecule has 0 aliphatic carbocycles. The average molecular weight is 594 g/mol. The van der Waals surface area contributed by atoms with Crippen LogP contribution in [0.15, 0.2) is 36.8 Å². The molecule has 4 rings (SSSR count). The number of Topliss-reactive ketones (excluding diaryl/α,β-unsaturated/α-hetero) is 1. The predicted molar refractivity (Wildman–Crippen MR) is 130 cm³/mol. The fourth-order valence-corrected chi connectivity index (χ4v) is 4.68. The van der Waals surface area contributed by atoms with Gasteiger partial charge in [0.1, 0.15) is 11.5 Å². The summed E-state index contributed by atoms with van der Waals surface area (Å²) in [7, 11) is 0. The van der Waals surface area contributed by atoms with E-state index in [4.69, 9.17) is 23.2 Å². The van der Waals surface area contributed by atoms with Crippen LogP contribution in [0.1, 0.15) is 50.5 Å². The minimum absolute atomic E-state index is 0.0320. The summed E-state index contributed by atoms with van der Waals surface area (Å²) in [5.41, 5.74) is -1.82. The van der Waals surface area contributed by atoms with E-state index in [1.807, 2.05) is 0 Å². The van der Waals surface area contributed by atoms with Crippen molar-refractivity contribution in [1.82, 2.24) is 19.9 Å². The summed E-state index contributed by atoms with van der Waals surface area (Å²) in [6.07, 6.45) is -6.60. The minimum atomic E-state index is -4.63. The molecule has 39 heavy (non-hydrogen) atoms. The molecule has 15 heteroatoms. The number of alkyl halides is 6. The molecule has 3 aromatic rings. The highest BCUT2D eigenvalue weighted by atomic mass is 35.5. The van der Waals surface area contributed by atoms with E-state index in [0.717, 1.165) is 6.07 Å². The number of rotatable bonds is 5. The first-order chi connectivity index (χ1) is 18.2. The number of hydrogen-bond acceptors (Lipinski definition) is 5. The number of carbonyl (C=O) groups excluding carboxylic acids is 2. The maximum absolute atomic E-state index is 13.0. The van der Waals surface area contributed by atoms with E-state index < -0.39 is 41.1 Å². The third kappa shape index (κ3) is 6.14. The van der Waals surface area contributed by atoms with Gasteiger partial charge in [-0.05, 0) is 25.1 Å². The highest BCUT2D eigenvalue weighted by molar-refractivity contribution is 6.33. The Hall–Kier alpha value is -3.32. The number of H-pyrrole nitrogens is 1. The number of nitrogens with one attached hydrogen (secondary N) is 1. The SMILES string of the molecule is C[C@H](C(=O)c1c[nH]c(C(=O)N2CCN(c3ncc(C(F)(F)F)cc3Cl)CC2)c1)c1ncc(C(F)(F)F)cc1Cl. The van der Waals surface area contributed by atoms with Crippen LogP contribution in [0.4, 0.5) is 32.2 Å². The topological polar surface area (TPSA) is 82.2 Å². The van der Waals surface area contributed by atoms with Crippen molar-refractivity contribution in [2.75, 3.05) is 31.1 Å². The van der Waals surface area contributed by atoms with Gasteiger partial charge >= 0.3 is 12.4 Å². The van der Waals surface area contributed by atoms with Crippen LogP contribution in [-0.2, 0) is 12.4 Å². The Morgan fingerprint density at radius 1 is 0.897 bits per heavy atom. The van der Waals surface area contributed by atoms with Crippen molar-refractivity contribution in [3.63, 3.8) is 0 Å². The zero-order valence-electron chi connectivity index (χ0n) is 20.0. The molecule has 0 radical (unpaired) electrons. The molecule has 208 valence electrons. The number of anilines is 1. The maximum Gasteiger partial charge on any atom is 0.417 e. The molecule has 1 N–H and O–H groups in total. The number of aromatic nitrogens is 3. The molecule has 0 saturated carbocycles. The normalized spacial score (nSPS) is 15.4. The monoisotopic (exact) mass is 593 g/mol. The number of nitrogens with zero attached hydrogens (tertiary/aromatic N) is 4. The lowest BCUT2D eigenvalue weighted by Gasteiger charge is -2.35. The summed E-state index contributed by atoms with van der Waals surface area (Å²) in [5, 5.41) is -0.466. The van der Waals surface area contributed by atoms with Crippen molar-refractivity contribution in [3.8, 4) is 0 Å². The molecule has 0 spiro atoms. The zero-order valence-corrected chi connectivity index (χ0v) is 21.5. The van der Waals surface area contributed by atoms with E-state index >= 15 is 0 Å². The fourth-order valence-electron chi connectivity index (χ4n) is 4.07. The quantitative estimate of drug-likeness (QED) is 0.286. The molecule has 1 fully saturated rings. The molecule has 0 unspecified atom stereocenters. The van der Waals surface area contributed by atoms with E-state index in [0.29, 0.717) is 18.5 Å².